The van der Waals surface area contributed by atoms with Crippen molar-refractivity contribution >= 4 is 38.5 Å². The fraction of sp³-hybridized carbons (Fsp3) is 0.350. The number of amidine groups is 1. The Labute approximate surface area is 179 Å². The minimum absolute atomic E-state index is 0.0148. The summed E-state index contributed by atoms with van der Waals surface area (Å²) < 4.78 is 27.4. The van der Waals surface area contributed by atoms with E-state index in [1.807, 2.05) is 40.1 Å². The third-order valence-corrected chi connectivity index (χ3v) is 7.84. The summed E-state index contributed by atoms with van der Waals surface area (Å²) in [5, 5.41) is 0.477. The van der Waals surface area contributed by atoms with E-state index in [9.17, 15) is 13.2 Å². The Morgan fingerprint density at radius 1 is 1.03 bits per heavy atom. The molecular weight excluding hydrogens is 422 g/mol. The molecule has 0 N–H and O–H groups in total. The molecular formula is C20H21N5O3S2. The van der Waals surface area contributed by atoms with E-state index in [1.165, 1.54) is 17.3 Å². The van der Waals surface area contributed by atoms with Crippen molar-refractivity contribution in [2.75, 3.05) is 43.4 Å². The number of piperazine rings is 1. The van der Waals surface area contributed by atoms with Gasteiger partial charge in [-0.15, -0.1) is 4.40 Å². The molecule has 1 aromatic heterocycles. The Morgan fingerprint density at radius 2 is 1.80 bits per heavy atom. The highest BCUT2D eigenvalue weighted by atomic mass is 32.2. The Kier molecular flexibility index (Phi) is 5.00. The summed E-state index contributed by atoms with van der Waals surface area (Å²) >= 11 is 1.31. The van der Waals surface area contributed by atoms with Crippen molar-refractivity contribution in [3.05, 3.63) is 53.9 Å². The van der Waals surface area contributed by atoms with Gasteiger partial charge < -0.3 is 9.80 Å². The zero-order chi connectivity index (χ0) is 20.7. The largest absolute Gasteiger partial charge is 0.336 e. The van der Waals surface area contributed by atoms with Crippen molar-refractivity contribution < 1.29 is 13.2 Å². The number of rotatable bonds is 3. The maximum atomic E-state index is 13.0. The highest BCUT2D eigenvalue weighted by molar-refractivity contribution is 8.15. The molecule has 0 radical (unpaired) electrons. The predicted octanol–water partition coefficient (Wildman–Crippen LogP) is 1.65. The predicted molar refractivity (Wildman–Crippen MR) is 116 cm³/mol. The fourth-order valence-electron chi connectivity index (χ4n) is 3.90. The summed E-state index contributed by atoms with van der Waals surface area (Å²) in [6.45, 7) is 4.29. The number of amides is 1. The molecule has 5 rings (SSSR count). The second kappa shape index (κ2) is 7.68. The number of carbonyl (C=O) groups is 1. The van der Waals surface area contributed by atoms with Gasteiger partial charge in [0.15, 0.2) is 5.17 Å². The third-order valence-electron chi connectivity index (χ3n) is 5.53. The monoisotopic (exact) mass is 443 g/mol. The van der Waals surface area contributed by atoms with Crippen LogP contribution in [-0.4, -0.2) is 72.8 Å². The van der Waals surface area contributed by atoms with Crippen molar-refractivity contribution in [2.45, 2.75) is 11.4 Å². The number of nitrogens with zero attached hydrogens (tertiary/aromatic N) is 5. The molecule has 156 valence electrons. The van der Waals surface area contributed by atoms with E-state index >= 15 is 0 Å². The average molecular weight is 444 g/mol. The van der Waals surface area contributed by atoms with Crippen molar-refractivity contribution in [3.8, 4) is 0 Å². The molecule has 0 atom stereocenters. The number of thioether (sulfide) groups is 1. The Bertz CT molecular complexity index is 1110. The van der Waals surface area contributed by atoms with Crippen molar-refractivity contribution in [1.82, 2.24) is 14.8 Å². The number of anilines is 1. The van der Waals surface area contributed by atoms with Gasteiger partial charge in [0.1, 0.15) is 0 Å². The Morgan fingerprint density at radius 3 is 2.57 bits per heavy atom. The fourth-order valence-corrected chi connectivity index (χ4v) is 6.20. The van der Waals surface area contributed by atoms with Gasteiger partial charge >= 0.3 is 0 Å². The Hall–Kier alpha value is -2.43. The lowest BCUT2D eigenvalue weighted by Gasteiger charge is -2.34. The summed E-state index contributed by atoms with van der Waals surface area (Å²) in [6.07, 6.45) is 3.60. The summed E-state index contributed by atoms with van der Waals surface area (Å²) in [6, 6.07) is 9.62. The second-order valence-corrected chi connectivity index (χ2v) is 10.3. The Balaban J connectivity index is 1.25. The lowest BCUT2D eigenvalue weighted by Crippen LogP contribution is -2.48. The number of hydrogen-bond donors (Lipinski definition) is 0. The number of carbonyl (C=O) groups excluding carboxylic acids is 1. The van der Waals surface area contributed by atoms with Gasteiger partial charge in [-0.3, -0.25) is 14.7 Å². The normalized spacial score (nSPS) is 20.5. The van der Waals surface area contributed by atoms with E-state index in [0.717, 1.165) is 30.2 Å². The molecule has 0 bridgehead atoms. The van der Waals surface area contributed by atoms with Crippen LogP contribution in [0.5, 0.6) is 0 Å². The van der Waals surface area contributed by atoms with Gasteiger partial charge in [0.25, 0.3) is 15.9 Å². The molecule has 0 saturated carbocycles. The first-order valence-corrected chi connectivity index (χ1v) is 12.2. The maximum Gasteiger partial charge on any atom is 0.257 e. The molecule has 0 spiro atoms. The van der Waals surface area contributed by atoms with Crippen LogP contribution in [0.4, 0.5) is 5.69 Å². The van der Waals surface area contributed by atoms with Crippen molar-refractivity contribution in [1.29, 1.82) is 0 Å². The molecule has 30 heavy (non-hydrogen) atoms. The van der Waals surface area contributed by atoms with Gasteiger partial charge in [0.05, 0.1) is 11.4 Å². The van der Waals surface area contributed by atoms with Crippen molar-refractivity contribution in [3.63, 3.8) is 0 Å². The molecule has 1 saturated heterocycles. The average Bonchev–Trinajstić information content (AvgIpc) is 3.10. The number of benzene rings is 1. The van der Waals surface area contributed by atoms with Crippen LogP contribution in [0, 0.1) is 0 Å². The van der Waals surface area contributed by atoms with Crippen LogP contribution in [0.1, 0.15) is 15.9 Å². The highest BCUT2D eigenvalue weighted by Gasteiger charge is 2.34. The molecule has 0 unspecified atom stereocenters. The van der Waals surface area contributed by atoms with Crippen LogP contribution in [0.2, 0.25) is 0 Å². The summed E-state index contributed by atoms with van der Waals surface area (Å²) in [4.78, 5) is 24.1. The van der Waals surface area contributed by atoms with Gasteiger partial charge in [-0.2, -0.15) is 0 Å². The molecule has 8 nitrogen and oxygen atoms in total. The van der Waals surface area contributed by atoms with E-state index in [4.69, 9.17) is 0 Å². The first-order valence-electron chi connectivity index (χ1n) is 9.81. The van der Waals surface area contributed by atoms with E-state index < -0.39 is 10.0 Å². The molecule has 2 aromatic rings. The molecule has 0 aliphatic carbocycles. The minimum atomic E-state index is -3.38. The lowest BCUT2D eigenvalue weighted by atomic mass is 10.1. The van der Waals surface area contributed by atoms with Crippen LogP contribution in [0.25, 0.3) is 0 Å². The lowest BCUT2D eigenvalue weighted by molar-refractivity contribution is 0.0628. The maximum absolute atomic E-state index is 13.0. The summed E-state index contributed by atoms with van der Waals surface area (Å²) in [5.74, 6) is 0.0300. The molecule has 10 heteroatoms. The molecule has 3 aliphatic heterocycles. The first-order chi connectivity index (χ1) is 14.5. The highest BCUT2D eigenvalue weighted by Crippen LogP contribution is 2.42. The van der Waals surface area contributed by atoms with Crippen LogP contribution in [-0.2, 0) is 16.6 Å². The van der Waals surface area contributed by atoms with Crippen LogP contribution in [0.3, 0.4) is 0 Å². The van der Waals surface area contributed by atoms with E-state index in [1.54, 1.807) is 12.4 Å². The summed E-state index contributed by atoms with van der Waals surface area (Å²) in [5.41, 5.74) is 2.78. The topological polar surface area (TPSA) is 86.2 Å². The standard InChI is InChI=1S/C20H21N5O3S2/c26-19(24-9-7-23(8-10-24)14-15-3-5-21-6-4-15)16-1-2-17-18(13-16)29-20-22-30(27,28)12-11-25(17)20/h1-6,13H,7-12,14H2. The second-order valence-electron chi connectivity index (χ2n) is 7.52. The molecule has 3 aliphatic rings. The third kappa shape index (κ3) is 3.82. The van der Waals surface area contributed by atoms with Gasteiger partial charge in [-0.1, -0.05) is 0 Å². The number of aromatic nitrogens is 1. The zero-order valence-corrected chi connectivity index (χ0v) is 17.9. The molecule has 4 heterocycles. The molecule has 1 amide bonds. The number of fused-ring (bicyclic) bond motifs is 3. The zero-order valence-electron chi connectivity index (χ0n) is 16.3. The van der Waals surface area contributed by atoms with Crippen LogP contribution >= 0.6 is 11.8 Å². The van der Waals surface area contributed by atoms with E-state index in [2.05, 4.69) is 14.3 Å². The van der Waals surface area contributed by atoms with Gasteiger partial charge in [-0.25, -0.2) is 8.42 Å². The first kappa shape index (κ1) is 19.5. The number of pyridine rings is 1. The van der Waals surface area contributed by atoms with Crippen LogP contribution in [0.15, 0.2) is 52.0 Å². The molecule has 1 fully saturated rings. The quantitative estimate of drug-likeness (QED) is 0.713. The van der Waals surface area contributed by atoms with Gasteiger partial charge in [-0.05, 0) is 47.7 Å². The number of hydrogen-bond acceptors (Lipinski definition) is 7. The smallest absolute Gasteiger partial charge is 0.257 e. The summed E-state index contributed by atoms with van der Waals surface area (Å²) in [7, 11) is -3.38. The van der Waals surface area contributed by atoms with Crippen LogP contribution < -0.4 is 4.90 Å². The van der Waals surface area contributed by atoms with Gasteiger partial charge in [0, 0.05) is 62.1 Å². The SMILES string of the molecule is O=C(c1ccc2c(c1)SC1=NS(=O)(=O)CCN12)N1CCN(Cc2ccncc2)CC1. The number of sulfonamides is 1. The van der Waals surface area contributed by atoms with Gasteiger partial charge in [0.2, 0.25) is 0 Å². The molecule has 1 aromatic carbocycles. The minimum Gasteiger partial charge on any atom is -0.336 e. The van der Waals surface area contributed by atoms with Crippen molar-refractivity contribution in [2.24, 2.45) is 4.40 Å². The van der Waals surface area contributed by atoms with E-state index in [-0.39, 0.29) is 11.7 Å². The van der Waals surface area contributed by atoms with E-state index in [0.29, 0.717) is 30.4 Å².